The molecular formula is C10H10Cl3NO5S. The van der Waals surface area contributed by atoms with Gasteiger partial charge in [0.1, 0.15) is 5.54 Å². The molecule has 2 N–H and O–H groups in total. The first kappa shape index (κ1) is 17.3. The Bertz CT molecular complexity index is 636. The third kappa shape index (κ3) is 3.29. The van der Waals surface area contributed by atoms with E-state index in [0.717, 1.165) is 13.8 Å². The van der Waals surface area contributed by atoms with Crippen molar-refractivity contribution < 1.29 is 22.9 Å². The first-order chi connectivity index (χ1) is 8.89. The quantitative estimate of drug-likeness (QED) is 0.802. The molecule has 0 atom stereocenters. The monoisotopic (exact) mass is 361 g/mol. The lowest BCUT2D eigenvalue weighted by Crippen LogP contribution is -2.53. The first-order valence-corrected chi connectivity index (χ1v) is 7.58. The van der Waals surface area contributed by atoms with Crippen LogP contribution in [-0.4, -0.2) is 29.6 Å². The minimum atomic E-state index is -4.94. The Morgan fingerprint density at radius 1 is 1.20 bits per heavy atom. The van der Waals surface area contributed by atoms with Crippen LogP contribution in [0.1, 0.15) is 13.8 Å². The maximum atomic E-state index is 11.5. The van der Waals surface area contributed by atoms with E-state index in [-0.39, 0.29) is 25.1 Å². The lowest BCUT2D eigenvalue weighted by molar-refractivity contribution is -0.141. The molecule has 0 fully saturated rings. The third-order valence-electron chi connectivity index (χ3n) is 2.45. The van der Waals surface area contributed by atoms with Gasteiger partial charge in [0.25, 0.3) is 0 Å². The topological polar surface area (TPSA) is 94.9 Å². The highest BCUT2D eigenvalue weighted by Gasteiger charge is 2.43. The van der Waals surface area contributed by atoms with Gasteiger partial charge in [0, 0.05) is 5.02 Å². The maximum Gasteiger partial charge on any atom is 0.361 e. The van der Waals surface area contributed by atoms with Crippen molar-refractivity contribution in [3.8, 4) is 0 Å². The van der Waals surface area contributed by atoms with Crippen LogP contribution in [-0.2, 0) is 15.1 Å². The van der Waals surface area contributed by atoms with Crippen LogP contribution in [0.4, 0.5) is 5.69 Å². The normalized spacial score (nSPS) is 12.3. The minimum absolute atomic E-state index is 0.132. The Hall–Kier alpha value is -0.730. The van der Waals surface area contributed by atoms with Gasteiger partial charge >= 0.3 is 16.3 Å². The smallest absolute Gasteiger partial charge is 0.361 e. The van der Waals surface area contributed by atoms with Crippen molar-refractivity contribution in [1.82, 2.24) is 0 Å². The molecule has 0 heterocycles. The number of hydrogen-bond donors (Lipinski definition) is 2. The average molecular weight is 363 g/mol. The van der Waals surface area contributed by atoms with E-state index in [1.165, 1.54) is 12.1 Å². The Labute approximate surface area is 130 Å². The number of carboxylic acid groups (broad SMARTS) is 1. The van der Waals surface area contributed by atoms with Crippen LogP contribution in [0.5, 0.6) is 0 Å². The van der Waals surface area contributed by atoms with Gasteiger partial charge in [0.2, 0.25) is 0 Å². The fourth-order valence-electron chi connectivity index (χ4n) is 1.50. The van der Waals surface area contributed by atoms with Gasteiger partial charge in [-0.2, -0.15) is 8.42 Å². The van der Waals surface area contributed by atoms with Crippen molar-refractivity contribution in [3.05, 3.63) is 27.2 Å². The van der Waals surface area contributed by atoms with Gasteiger partial charge in [-0.05, 0) is 26.0 Å². The van der Waals surface area contributed by atoms with E-state index in [0.29, 0.717) is 0 Å². The van der Waals surface area contributed by atoms with Gasteiger partial charge in [-0.1, -0.05) is 34.8 Å². The molecular weight excluding hydrogens is 353 g/mol. The summed E-state index contributed by atoms with van der Waals surface area (Å²) < 4.78 is 32.6. The van der Waals surface area contributed by atoms with Crippen LogP contribution in [0, 0.1) is 0 Å². The average Bonchev–Trinajstić information content (AvgIpc) is 2.20. The number of carboxylic acids is 1. The molecule has 20 heavy (non-hydrogen) atoms. The van der Waals surface area contributed by atoms with E-state index >= 15 is 0 Å². The van der Waals surface area contributed by atoms with E-state index in [1.807, 2.05) is 0 Å². The SMILES string of the molecule is CC(C)(C(=O)O)N(c1c(Cl)cc(Cl)cc1Cl)S(=O)(=O)O. The second-order valence-electron chi connectivity index (χ2n) is 4.32. The Balaban J connectivity index is 3.70. The molecule has 0 saturated heterocycles. The van der Waals surface area contributed by atoms with Crippen molar-refractivity contribution >= 4 is 56.8 Å². The van der Waals surface area contributed by atoms with E-state index in [4.69, 9.17) is 39.9 Å². The van der Waals surface area contributed by atoms with Crippen LogP contribution in [0.15, 0.2) is 12.1 Å². The van der Waals surface area contributed by atoms with Crippen LogP contribution >= 0.6 is 34.8 Å². The highest BCUT2D eigenvalue weighted by Crippen LogP contribution is 2.41. The predicted octanol–water partition coefficient (Wildman–Crippen LogP) is 3.12. The predicted molar refractivity (Wildman–Crippen MR) is 77.2 cm³/mol. The van der Waals surface area contributed by atoms with E-state index in [9.17, 15) is 17.8 Å². The number of rotatable bonds is 4. The van der Waals surface area contributed by atoms with E-state index in [1.54, 1.807) is 0 Å². The molecule has 0 aliphatic carbocycles. The number of hydrogen-bond acceptors (Lipinski definition) is 3. The van der Waals surface area contributed by atoms with Crippen LogP contribution in [0.3, 0.4) is 0 Å². The van der Waals surface area contributed by atoms with Crippen molar-refractivity contribution in [3.63, 3.8) is 0 Å². The van der Waals surface area contributed by atoms with Gasteiger partial charge in [0.05, 0.1) is 15.7 Å². The summed E-state index contributed by atoms with van der Waals surface area (Å²) in [5, 5.41) is 8.85. The lowest BCUT2D eigenvalue weighted by Gasteiger charge is -2.34. The molecule has 0 unspecified atom stereocenters. The fourth-order valence-corrected chi connectivity index (χ4v) is 3.67. The zero-order valence-corrected chi connectivity index (χ0v) is 13.3. The van der Waals surface area contributed by atoms with Gasteiger partial charge in [-0.3, -0.25) is 4.55 Å². The maximum absolute atomic E-state index is 11.5. The second-order valence-corrected chi connectivity index (χ2v) is 6.84. The number of anilines is 1. The van der Waals surface area contributed by atoms with Crippen molar-refractivity contribution in [1.29, 1.82) is 0 Å². The molecule has 10 heteroatoms. The molecule has 0 saturated carbocycles. The Morgan fingerprint density at radius 3 is 1.90 bits per heavy atom. The van der Waals surface area contributed by atoms with Crippen LogP contribution in [0.25, 0.3) is 0 Å². The summed E-state index contributed by atoms with van der Waals surface area (Å²) in [5.74, 6) is -1.50. The highest BCUT2D eigenvalue weighted by molar-refractivity contribution is 7.87. The molecule has 0 bridgehead atoms. The Kier molecular flexibility index (Phi) is 4.83. The van der Waals surface area contributed by atoms with Gasteiger partial charge in [-0.25, -0.2) is 9.10 Å². The van der Waals surface area contributed by atoms with Gasteiger partial charge in [-0.15, -0.1) is 0 Å². The summed E-state index contributed by atoms with van der Waals surface area (Å²) in [7, 11) is -4.94. The second kappa shape index (κ2) is 5.57. The van der Waals surface area contributed by atoms with Crippen molar-refractivity contribution in [2.45, 2.75) is 19.4 Å². The number of nitrogens with zero attached hydrogens (tertiary/aromatic N) is 1. The number of halogens is 3. The van der Waals surface area contributed by atoms with Crippen LogP contribution in [0.2, 0.25) is 15.1 Å². The molecule has 1 rings (SSSR count). The molecule has 1 aromatic carbocycles. The molecule has 0 aliphatic rings. The standard InChI is InChI=1S/C10H10Cl3NO5S/c1-10(2,9(15)16)14(20(17,18)19)8-6(12)3-5(11)4-7(8)13/h3-4H,1-2H3,(H,15,16)(H,17,18,19). The molecule has 0 aliphatic heterocycles. The summed E-state index contributed by atoms with van der Waals surface area (Å²) in [4.78, 5) is 11.2. The third-order valence-corrected chi connectivity index (χ3v) is 4.34. The van der Waals surface area contributed by atoms with Crippen LogP contribution < -0.4 is 4.31 Å². The summed E-state index contributed by atoms with van der Waals surface area (Å²) >= 11 is 17.4. The van der Waals surface area contributed by atoms with Crippen molar-refractivity contribution in [2.75, 3.05) is 4.31 Å². The first-order valence-electron chi connectivity index (χ1n) is 5.05. The Morgan fingerprint density at radius 2 is 1.60 bits per heavy atom. The molecule has 6 nitrogen and oxygen atoms in total. The van der Waals surface area contributed by atoms with Crippen molar-refractivity contribution in [2.24, 2.45) is 0 Å². The molecule has 0 radical (unpaired) electrons. The molecule has 0 aromatic heterocycles. The summed E-state index contributed by atoms with van der Waals surface area (Å²) in [6, 6.07) is 2.36. The van der Waals surface area contributed by atoms with E-state index < -0.39 is 21.8 Å². The zero-order valence-electron chi connectivity index (χ0n) is 10.3. The van der Waals surface area contributed by atoms with E-state index in [2.05, 4.69) is 0 Å². The number of carbonyl (C=O) groups is 1. The highest BCUT2D eigenvalue weighted by atomic mass is 35.5. The zero-order chi connectivity index (χ0) is 15.9. The number of benzene rings is 1. The largest absolute Gasteiger partial charge is 0.479 e. The van der Waals surface area contributed by atoms with Gasteiger partial charge in [0.15, 0.2) is 0 Å². The minimum Gasteiger partial charge on any atom is -0.479 e. The summed E-state index contributed by atoms with van der Waals surface area (Å²) in [6.45, 7) is 2.15. The fraction of sp³-hybridized carbons (Fsp3) is 0.300. The van der Waals surface area contributed by atoms with Gasteiger partial charge < -0.3 is 5.11 Å². The number of aliphatic carboxylic acids is 1. The summed E-state index contributed by atoms with van der Waals surface area (Å²) in [5.41, 5.74) is -2.39. The molecule has 112 valence electrons. The molecule has 0 spiro atoms. The molecule has 1 aromatic rings. The molecule has 0 amide bonds. The lowest BCUT2D eigenvalue weighted by atomic mass is 10.1. The summed E-state index contributed by atoms with van der Waals surface area (Å²) in [6.07, 6.45) is 0.